The Hall–Kier alpha value is -1.88. The predicted octanol–water partition coefficient (Wildman–Crippen LogP) is 5.50. The number of rotatable bonds is 5. The molecule has 4 atom stereocenters. The summed E-state index contributed by atoms with van der Waals surface area (Å²) in [6, 6.07) is 0. The first kappa shape index (κ1) is 22.8. The van der Waals surface area contributed by atoms with Gasteiger partial charge in [0.25, 0.3) is 0 Å². The summed E-state index contributed by atoms with van der Waals surface area (Å²) in [5, 5.41) is 0. The van der Waals surface area contributed by atoms with Crippen LogP contribution in [0.25, 0.3) is 0 Å². The van der Waals surface area contributed by atoms with E-state index in [9.17, 15) is 0 Å². The average Bonchev–Trinajstić information content (AvgIpc) is 2.77. The second kappa shape index (κ2) is 10.4. The van der Waals surface area contributed by atoms with Gasteiger partial charge in [-0.15, -0.1) is 0 Å². The number of hydrogen-bond donors (Lipinski definition) is 0. The zero-order valence-corrected chi connectivity index (χ0v) is 19.5. The molecule has 1 fully saturated rings. The van der Waals surface area contributed by atoms with Gasteiger partial charge in [-0.1, -0.05) is 19.4 Å². The standard InChI is InChI=1S/C25H38O5/c1-16-17-11-13-19(26-2)10-8-7-9-18-15-20(22(16)21(27-3)14-12-17)24(29-5)25(30-6)23(18)28-4/h12,14,16-17,19-20H,7-11,13,15H2,1-6H3. The molecule has 4 bridgehead atoms. The molecule has 3 rings (SSSR count). The molecule has 0 aromatic rings. The Kier molecular flexibility index (Phi) is 7.93. The van der Waals surface area contributed by atoms with Gasteiger partial charge in [0.05, 0.1) is 34.5 Å². The second-order valence-electron chi connectivity index (χ2n) is 8.51. The van der Waals surface area contributed by atoms with E-state index in [1.54, 1.807) is 28.4 Å². The topological polar surface area (TPSA) is 46.2 Å². The Morgan fingerprint density at radius 1 is 0.833 bits per heavy atom. The van der Waals surface area contributed by atoms with Crippen LogP contribution in [0.3, 0.4) is 0 Å². The molecule has 30 heavy (non-hydrogen) atoms. The molecule has 1 saturated carbocycles. The van der Waals surface area contributed by atoms with Crippen LogP contribution in [0, 0.1) is 17.8 Å². The van der Waals surface area contributed by atoms with Crippen molar-refractivity contribution in [1.29, 1.82) is 0 Å². The molecule has 0 saturated heterocycles. The van der Waals surface area contributed by atoms with E-state index in [0.717, 1.165) is 68.0 Å². The molecule has 0 amide bonds. The van der Waals surface area contributed by atoms with E-state index in [1.807, 2.05) is 7.11 Å². The predicted molar refractivity (Wildman–Crippen MR) is 118 cm³/mol. The third-order valence-corrected chi connectivity index (χ3v) is 7.06. The molecule has 0 aromatic heterocycles. The molecule has 5 nitrogen and oxygen atoms in total. The van der Waals surface area contributed by atoms with Gasteiger partial charge in [0.15, 0.2) is 11.5 Å². The van der Waals surface area contributed by atoms with Crippen LogP contribution in [-0.4, -0.2) is 41.7 Å². The van der Waals surface area contributed by atoms with E-state index in [0.29, 0.717) is 17.9 Å². The van der Waals surface area contributed by atoms with Gasteiger partial charge in [-0.3, -0.25) is 0 Å². The minimum absolute atomic E-state index is 0.0928. The highest BCUT2D eigenvalue weighted by molar-refractivity contribution is 5.42. The average molecular weight is 419 g/mol. The molecular weight excluding hydrogens is 380 g/mol. The molecule has 0 aliphatic heterocycles. The third kappa shape index (κ3) is 4.41. The number of allylic oxidation sites excluding steroid dienone is 4. The molecule has 0 radical (unpaired) electrons. The van der Waals surface area contributed by atoms with Crippen molar-refractivity contribution in [2.45, 2.75) is 58.0 Å². The Balaban J connectivity index is 2.11. The summed E-state index contributed by atoms with van der Waals surface area (Å²) in [6.45, 7) is 2.32. The lowest BCUT2D eigenvalue weighted by atomic mass is 9.71. The first-order valence-electron chi connectivity index (χ1n) is 11.2. The van der Waals surface area contributed by atoms with Gasteiger partial charge in [-0.25, -0.2) is 0 Å². The van der Waals surface area contributed by atoms with Crippen LogP contribution < -0.4 is 0 Å². The van der Waals surface area contributed by atoms with Gasteiger partial charge >= 0.3 is 0 Å². The maximum Gasteiger partial charge on any atom is 0.199 e. The summed E-state index contributed by atoms with van der Waals surface area (Å²) in [6.07, 6.45) is 12.2. The van der Waals surface area contributed by atoms with Crippen LogP contribution in [-0.2, 0) is 23.7 Å². The highest BCUT2D eigenvalue weighted by atomic mass is 16.5. The minimum Gasteiger partial charge on any atom is -0.497 e. The van der Waals surface area contributed by atoms with Gasteiger partial charge in [0, 0.05) is 13.0 Å². The minimum atomic E-state index is 0.0928. The van der Waals surface area contributed by atoms with E-state index in [4.69, 9.17) is 23.7 Å². The lowest BCUT2D eigenvalue weighted by Gasteiger charge is -2.37. The fraction of sp³-hybridized carbons (Fsp3) is 0.680. The number of ether oxygens (including phenoxy) is 5. The highest BCUT2D eigenvalue weighted by Gasteiger charge is 2.40. The Morgan fingerprint density at radius 2 is 1.60 bits per heavy atom. The van der Waals surface area contributed by atoms with Gasteiger partial charge in [-0.2, -0.15) is 0 Å². The Morgan fingerprint density at radius 3 is 2.23 bits per heavy atom. The first-order valence-corrected chi connectivity index (χ1v) is 11.2. The van der Waals surface area contributed by atoms with Gasteiger partial charge in [-0.05, 0) is 67.6 Å². The fourth-order valence-corrected chi connectivity index (χ4v) is 5.41. The van der Waals surface area contributed by atoms with Crippen molar-refractivity contribution in [2.75, 3.05) is 35.5 Å². The monoisotopic (exact) mass is 418 g/mol. The molecule has 0 aromatic carbocycles. The Bertz CT molecular complexity index is 730. The molecule has 168 valence electrons. The van der Waals surface area contributed by atoms with E-state index in [2.05, 4.69) is 19.1 Å². The molecule has 3 aliphatic carbocycles. The number of methoxy groups -OCH3 is 5. The van der Waals surface area contributed by atoms with Crippen molar-refractivity contribution >= 4 is 0 Å². The Labute approximate surface area is 181 Å². The second-order valence-corrected chi connectivity index (χ2v) is 8.51. The van der Waals surface area contributed by atoms with Crippen LogP contribution in [0.5, 0.6) is 0 Å². The number of hydrogen-bond acceptors (Lipinski definition) is 5. The van der Waals surface area contributed by atoms with Crippen LogP contribution in [0.2, 0.25) is 0 Å². The van der Waals surface area contributed by atoms with Crippen LogP contribution >= 0.6 is 0 Å². The first-order chi connectivity index (χ1) is 14.6. The molecule has 3 aliphatic rings. The highest BCUT2D eigenvalue weighted by Crippen LogP contribution is 2.47. The third-order valence-electron chi connectivity index (χ3n) is 7.06. The number of fused-ring (bicyclic) bond motifs is 5. The maximum absolute atomic E-state index is 5.94. The summed E-state index contributed by atoms with van der Waals surface area (Å²) >= 11 is 0. The summed E-state index contributed by atoms with van der Waals surface area (Å²) in [5.74, 6) is 4.24. The van der Waals surface area contributed by atoms with E-state index in [1.165, 1.54) is 11.1 Å². The zero-order chi connectivity index (χ0) is 21.7. The lowest BCUT2D eigenvalue weighted by Crippen LogP contribution is -2.28. The summed E-state index contributed by atoms with van der Waals surface area (Å²) in [5.41, 5.74) is 2.60. The van der Waals surface area contributed by atoms with Gasteiger partial charge in [0.2, 0.25) is 0 Å². The lowest BCUT2D eigenvalue weighted by molar-refractivity contribution is 0.0796. The molecule has 5 heteroatoms. The van der Waals surface area contributed by atoms with Crippen molar-refractivity contribution in [3.63, 3.8) is 0 Å². The van der Waals surface area contributed by atoms with Gasteiger partial charge < -0.3 is 23.7 Å². The molecule has 4 unspecified atom stereocenters. The van der Waals surface area contributed by atoms with E-state index < -0.39 is 0 Å². The van der Waals surface area contributed by atoms with E-state index >= 15 is 0 Å². The molecular formula is C25H38O5. The normalized spacial score (nSPS) is 30.3. The van der Waals surface area contributed by atoms with Crippen LogP contribution in [0.4, 0.5) is 0 Å². The van der Waals surface area contributed by atoms with Crippen molar-refractivity contribution in [2.24, 2.45) is 17.8 Å². The summed E-state index contributed by atoms with van der Waals surface area (Å²) in [4.78, 5) is 0. The van der Waals surface area contributed by atoms with Crippen molar-refractivity contribution < 1.29 is 23.7 Å². The molecule has 0 spiro atoms. The molecule has 0 heterocycles. The van der Waals surface area contributed by atoms with Gasteiger partial charge in [0.1, 0.15) is 11.5 Å². The maximum atomic E-state index is 5.94. The largest absolute Gasteiger partial charge is 0.497 e. The molecule has 0 N–H and O–H groups in total. The van der Waals surface area contributed by atoms with Crippen molar-refractivity contribution in [3.05, 3.63) is 46.3 Å². The fourth-order valence-electron chi connectivity index (χ4n) is 5.41. The summed E-state index contributed by atoms with van der Waals surface area (Å²) in [7, 11) is 8.75. The van der Waals surface area contributed by atoms with Crippen LogP contribution in [0.1, 0.15) is 51.9 Å². The van der Waals surface area contributed by atoms with Crippen molar-refractivity contribution in [1.82, 2.24) is 0 Å². The quantitative estimate of drug-likeness (QED) is 0.590. The van der Waals surface area contributed by atoms with E-state index in [-0.39, 0.29) is 5.92 Å². The van der Waals surface area contributed by atoms with Crippen LogP contribution in [0.15, 0.2) is 46.3 Å². The summed E-state index contributed by atoms with van der Waals surface area (Å²) < 4.78 is 29.2. The zero-order valence-electron chi connectivity index (χ0n) is 19.5. The van der Waals surface area contributed by atoms with Crippen molar-refractivity contribution in [3.8, 4) is 0 Å². The smallest absolute Gasteiger partial charge is 0.199 e. The SMILES string of the molecule is COC1=C2C3CC(=C(OC)C(OC)=C3OC)CCCCC(OC)CCC(C=C1)C2C.